The van der Waals surface area contributed by atoms with Gasteiger partial charge in [-0.2, -0.15) is 0 Å². The zero-order valence-corrected chi connectivity index (χ0v) is 13.4. The molecule has 0 fully saturated rings. The lowest BCUT2D eigenvalue weighted by Gasteiger charge is -2.37. The number of nitrogens with zero attached hydrogens (tertiary/aromatic N) is 1. The van der Waals surface area contributed by atoms with Crippen LogP contribution in [0.4, 0.5) is 10.5 Å². The van der Waals surface area contributed by atoms with Crippen LogP contribution in [0.3, 0.4) is 0 Å². The Morgan fingerprint density at radius 1 is 1.12 bits per heavy atom. The van der Waals surface area contributed by atoms with Crippen molar-refractivity contribution < 1.29 is 19.4 Å². The molecule has 124 valence electrons. The molecule has 2 aromatic rings. The van der Waals surface area contributed by atoms with Gasteiger partial charge in [0, 0.05) is 6.04 Å². The van der Waals surface area contributed by atoms with Crippen molar-refractivity contribution in [1.29, 1.82) is 0 Å². The van der Waals surface area contributed by atoms with Gasteiger partial charge in [-0.1, -0.05) is 48.5 Å². The Kier molecular flexibility index (Phi) is 4.51. The Balaban J connectivity index is 1.82. The first-order chi connectivity index (χ1) is 11.6. The molecule has 5 nitrogen and oxygen atoms in total. The second kappa shape index (κ2) is 6.74. The minimum atomic E-state index is -0.869. The summed E-state index contributed by atoms with van der Waals surface area (Å²) in [6.45, 7) is 2.03. The number of carboxylic acids is 1. The number of carbonyl (C=O) groups excluding carboxylic acids is 1. The largest absolute Gasteiger partial charge is 0.481 e. The van der Waals surface area contributed by atoms with Crippen LogP contribution in [0.2, 0.25) is 0 Å². The van der Waals surface area contributed by atoms with Gasteiger partial charge in [-0.15, -0.1) is 0 Å². The summed E-state index contributed by atoms with van der Waals surface area (Å²) in [6, 6.07) is 16.3. The fourth-order valence-corrected chi connectivity index (χ4v) is 3.11. The highest BCUT2D eigenvalue weighted by Crippen LogP contribution is 2.38. The average molecular weight is 325 g/mol. The predicted octanol–water partition coefficient (Wildman–Crippen LogP) is 3.79. The molecule has 0 aliphatic carbocycles. The van der Waals surface area contributed by atoms with E-state index in [0.717, 1.165) is 5.56 Å². The number of carboxylic acid groups (broad SMARTS) is 1. The normalized spacial score (nSPS) is 19.5. The fourth-order valence-electron chi connectivity index (χ4n) is 3.11. The van der Waals surface area contributed by atoms with Crippen LogP contribution in [0.25, 0.3) is 0 Å². The summed E-state index contributed by atoms with van der Waals surface area (Å²) in [5.41, 5.74) is 2.17. The second-order valence-electron chi connectivity index (χ2n) is 5.94. The molecular weight excluding hydrogens is 306 g/mol. The number of anilines is 1. The standard InChI is InChI=1S/C19H19NO4/c1-13-11-16(18(21)22)15-9-5-6-10-17(15)20(13)19(23)24-12-14-7-3-2-4-8-14/h2-10,13,16H,11-12H2,1H3,(H,21,22). The van der Waals surface area contributed by atoms with Crippen LogP contribution < -0.4 is 4.90 Å². The number of amides is 1. The Morgan fingerprint density at radius 3 is 2.50 bits per heavy atom. The Hall–Kier alpha value is -2.82. The Morgan fingerprint density at radius 2 is 1.79 bits per heavy atom. The van der Waals surface area contributed by atoms with E-state index >= 15 is 0 Å². The minimum Gasteiger partial charge on any atom is -0.481 e. The van der Waals surface area contributed by atoms with Gasteiger partial charge in [-0.3, -0.25) is 9.69 Å². The van der Waals surface area contributed by atoms with E-state index in [-0.39, 0.29) is 12.6 Å². The lowest BCUT2D eigenvalue weighted by molar-refractivity contribution is -0.139. The number of rotatable bonds is 3. The minimum absolute atomic E-state index is 0.188. The lowest BCUT2D eigenvalue weighted by atomic mass is 9.86. The number of ether oxygens (including phenoxy) is 1. The van der Waals surface area contributed by atoms with Gasteiger partial charge in [0.1, 0.15) is 6.61 Å². The van der Waals surface area contributed by atoms with Gasteiger partial charge in [0.15, 0.2) is 0 Å². The predicted molar refractivity (Wildman–Crippen MR) is 90.0 cm³/mol. The maximum Gasteiger partial charge on any atom is 0.414 e. The molecule has 0 radical (unpaired) electrons. The van der Waals surface area contributed by atoms with Gasteiger partial charge >= 0.3 is 12.1 Å². The van der Waals surface area contributed by atoms with Gasteiger partial charge in [-0.05, 0) is 30.5 Å². The molecule has 1 aliphatic rings. The summed E-state index contributed by atoms with van der Waals surface area (Å²) in [5.74, 6) is -1.47. The SMILES string of the molecule is CC1CC(C(=O)O)c2ccccc2N1C(=O)OCc1ccccc1. The van der Waals surface area contributed by atoms with Crippen molar-refractivity contribution in [3.8, 4) is 0 Å². The third kappa shape index (κ3) is 3.11. The number of carbonyl (C=O) groups is 2. The van der Waals surface area contributed by atoms with Crippen LogP contribution in [-0.2, 0) is 16.1 Å². The Labute approximate surface area is 140 Å². The first-order valence-corrected chi connectivity index (χ1v) is 7.89. The van der Waals surface area contributed by atoms with Crippen LogP contribution in [0, 0.1) is 0 Å². The monoisotopic (exact) mass is 325 g/mol. The maximum absolute atomic E-state index is 12.6. The highest BCUT2D eigenvalue weighted by Gasteiger charge is 2.37. The summed E-state index contributed by atoms with van der Waals surface area (Å²) in [6.07, 6.45) is -0.0880. The molecule has 3 rings (SSSR count). The van der Waals surface area contributed by atoms with Crippen LogP contribution in [0.15, 0.2) is 54.6 Å². The number of hydrogen-bond donors (Lipinski definition) is 1. The van der Waals surface area contributed by atoms with Crippen molar-refractivity contribution in [2.75, 3.05) is 4.90 Å². The van der Waals surface area contributed by atoms with Gasteiger partial charge in [0.05, 0.1) is 11.6 Å². The van der Waals surface area contributed by atoms with Crippen LogP contribution >= 0.6 is 0 Å². The maximum atomic E-state index is 12.6. The van der Waals surface area contributed by atoms with E-state index in [1.165, 1.54) is 0 Å². The molecule has 2 aromatic carbocycles. The fraction of sp³-hybridized carbons (Fsp3) is 0.263. The van der Waals surface area contributed by atoms with E-state index in [9.17, 15) is 14.7 Å². The van der Waals surface area contributed by atoms with Crippen molar-refractivity contribution in [1.82, 2.24) is 0 Å². The molecule has 0 bridgehead atoms. The molecule has 0 aromatic heterocycles. The molecule has 0 saturated carbocycles. The van der Waals surface area contributed by atoms with Gasteiger partial charge in [-0.25, -0.2) is 4.79 Å². The summed E-state index contributed by atoms with van der Waals surface area (Å²) in [5, 5.41) is 9.45. The van der Waals surface area contributed by atoms with Crippen LogP contribution in [-0.4, -0.2) is 23.2 Å². The molecule has 0 spiro atoms. The second-order valence-corrected chi connectivity index (χ2v) is 5.94. The van der Waals surface area contributed by atoms with Gasteiger partial charge in [0.25, 0.3) is 0 Å². The number of fused-ring (bicyclic) bond motifs is 1. The average Bonchev–Trinajstić information content (AvgIpc) is 2.59. The molecule has 1 N–H and O–H groups in total. The highest BCUT2D eigenvalue weighted by molar-refractivity contribution is 5.92. The third-order valence-electron chi connectivity index (χ3n) is 4.29. The number of benzene rings is 2. The topological polar surface area (TPSA) is 66.8 Å². The number of aliphatic carboxylic acids is 1. The molecule has 0 saturated heterocycles. The molecule has 1 aliphatic heterocycles. The molecule has 1 amide bonds. The van der Waals surface area contributed by atoms with E-state index in [1.807, 2.05) is 37.3 Å². The van der Waals surface area contributed by atoms with E-state index in [1.54, 1.807) is 29.2 Å². The zero-order chi connectivity index (χ0) is 17.1. The molecular formula is C19H19NO4. The molecule has 2 atom stereocenters. The Bertz CT molecular complexity index is 744. The van der Waals surface area contributed by atoms with Gasteiger partial charge in [0.2, 0.25) is 0 Å². The quantitative estimate of drug-likeness (QED) is 0.932. The summed E-state index contributed by atoms with van der Waals surface area (Å²) in [7, 11) is 0. The van der Waals surface area contributed by atoms with Crippen molar-refractivity contribution in [2.24, 2.45) is 0 Å². The van der Waals surface area contributed by atoms with Crippen LogP contribution in [0.5, 0.6) is 0 Å². The summed E-state index contributed by atoms with van der Waals surface area (Å²) in [4.78, 5) is 25.6. The third-order valence-corrected chi connectivity index (χ3v) is 4.29. The van der Waals surface area contributed by atoms with Crippen molar-refractivity contribution in [3.63, 3.8) is 0 Å². The first-order valence-electron chi connectivity index (χ1n) is 7.89. The lowest BCUT2D eigenvalue weighted by Crippen LogP contribution is -2.44. The van der Waals surface area contributed by atoms with E-state index < -0.39 is 18.0 Å². The number of hydrogen-bond acceptors (Lipinski definition) is 3. The van der Waals surface area contributed by atoms with E-state index in [2.05, 4.69) is 0 Å². The smallest absolute Gasteiger partial charge is 0.414 e. The van der Waals surface area contributed by atoms with Crippen molar-refractivity contribution in [2.45, 2.75) is 31.9 Å². The highest BCUT2D eigenvalue weighted by atomic mass is 16.6. The molecule has 1 heterocycles. The first kappa shape index (κ1) is 16.1. The number of para-hydroxylation sites is 1. The summed E-state index contributed by atoms with van der Waals surface area (Å²) >= 11 is 0. The zero-order valence-electron chi connectivity index (χ0n) is 13.4. The van der Waals surface area contributed by atoms with Crippen LogP contribution in [0.1, 0.15) is 30.4 Å². The van der Waals surface area contributed by atoms with Crippen molar-refractivity contribution in [3.05, 3.63) is 65.7 Å². The van der Waals surface area contributed by atoms with Crippen molar-refractivity contribution >= 4 is 17.7 Å². The molecule has 5 heteroatoms. The van der Waals surface area contributed by atoms with Gasteiger partial charge < -0.3 is 9.84 Å². The summed E-state index contributed by atoms with van der Waals surface area (Å²) < 4.78 is 5.43. The molecule has 2 unspecified atom stereocenters. The van der Waals surface area contributed by atoms with E-state index in [0.29, 0.717) is 17.7 Å². The molecule has 24 heavy (non-hydrogen) atoms. The van der Waals surface area contributed by atoms with E-state index in [4.69, 9.17) is 4.74 Å².